The molecular formula is C40H50N2O4S2. The van der Waals surface area contributed by atoms with Crippen LogP contribution in [0, 0.1) is 0 Å². The van der Waals surface area contributed by atoms with Crippen LogP contribution in [0.5, 0.6) is 11.5 Å². The van der Waals surface area contributed by atoms with Crippen molar-refractivity contribution in [1.29, 1.82) is 0 Å². The van der Waals surface area contributed by atoms with Crippen LogP contribution in [-0.4, -0.2) is 51.4 Å². The van der Waals surface area contributed by atoms with E-state index in [2.05, 4.69) is 47.8 Å². The maximum absolute atomic E-state index is 10.2. The summed E-state index contributed by atoms with van der Waals surface area (Å²) < 4.78 is 0. The highest BCUT2D eigenvalue weighted by Gasteiger charge is 2.22. The van der Waals surface area contributed by atoms with Gasteiger partial charge in [-0.25, -0.2) is 0 Å². The van der Waals surface area contributed by atoms with Crippen LogP contribution in [0.1, 0.15) is 74.3 Å². The van der Waals surface area contributed by atoms with Gasteiger partial charge in [0.15, 0.2) is 0 Å². The average Bonchev–Trinajstić information content (AvgIpc) is 3.12. The fraction of sp³-hybridized carbons (Fsp3) is 0.375. The lowest BCUT2D eigenvalue weighted by Crippen LogP contribution is -2.34. The second-order valence-electron chi connectivity index (χ2n) is 12.5. The molecule has 4 aromatic carbocycles. The molecule has 0 amide bonds. The van der Waals surface area contributed by atoms with Gasteiger partial charge in [-0.3, -0.25) is 4.79 Å². The summed E-state index contributed by atoms with van der Waals surface area (Å²) in [6.07, 6.45) is 9.63. The van der Waals surface area contributed by atoms with Gasteiger partial charge in [0.1, 0.15) is 11.5 Å². The van der Waals surface area contributed by atoms with Gasteiger partial charge in [-0.15, -0.1) is 23.5 Å². The molecule has 4 aromatic rings. The molecule has 2 saturated carbocycles. The first-order chi connectivity index (χ1) is 23.4. The van der Waals surface area contributed by atoms with Crippen molar-refractivity contribution in [2.45, 2.75) is 85.1 Å². The fourth-order valence-electron chi connectivity index (χ4n) is 6.19. The lowest BCUT2D eigenvalue weighted by Gasteiger charge is -2.29. The molecule has 0 saturated heterocycles. The molecule has 2 aliphatic rings. The number of rotatable bonds is 10. The van der Waals surface area contributed by atoms with E-state index in [4.69, 9.17) is 10.8 Å². The summed E-state index contributed by atoms with van der Waals surface area (Å²) in [6.45, 7) is 1.08. The van der Waals surface area contributed by atoms with Gasteiger partial charge in [0, 0.05) is 34.2 Å². The summed E-state index contributed by atoms with van der Waals surface area (Å²) in [7, 11) is 0. The number of phenols is 2. The number of hydrogen-bond donors (Lipinski definition) is 5. The van der Waals surface area contributed by atoms with Crippen molar-refractivity contribution in [2.24, 2.45) is 5.73 Å². The molecule has 2 fully saturated rings. The number of benzene rings is 4. The molecule has 6 nitrogen and oxygen atoms in total. The molecule has 0 unspecified atom stereocenters. The van der Waals surface area contributed by atoms with Gasteiger partial charge in [-0.1, -0.05) is 60.7 Å². The summed E-state index contributed by atoms with van der Waals surface area (Å²) >= 11 is 3.25. The molecule has 0 radical (unpaired) electrons. The van der Waals surface area contributed by atoms with Crippen LogP contribution in [0.3, 0.4) is 0 Å². The Morgan fingerprint density at radius 1 is 0.625 bits per heavy atom. The summed E-state index contributed by atoms with van der Waals surface area (Å²) in [4.78, 5) is 12.5. The third-order valence-electron chi connectivity index (χ3n) is 8.88. The number of aliphatic carboxylic acids is 1. The van der Waals surface area contributed by atoms with Crippen LogP contribution < -0.4 is 11.1 Å². The van der Waals surface area contributed by atoms with Gasteiger partial charge in [0.2, 0.25) is 0 Å². The Balaban J connectivity index is 0.000000177. The second-order valence-corrected chi connectivity index (χ2v) is 14.7. The summed E-state index contributed by atoms with van der Waals surface area (Å²) in [5, 5.41) is 30.6. The molecule has 8 heteroatoms. The topological polar surface area (TPSA) is 116 Å². The van der Waals surface area contributed by atoms with Crippen LogP contribution in [0.25, 0.3) is 0 Å². The Hall–Kier alpha value is -3.43. The van der Waals surface area contributed by atoms with Crippen molar-refractivity contribution in [3.8, 4) is 11.5 Å². The van der Waals surface area contributed by atoms with Gasteiger partial charge in [-0.2, -0.15) is 0 Å². The van der Waals surface area contributed by atoms with Gasteiger partial charge >= 0.3 is 5.97 Å². The maximum atomic E-state index is 10.2. The molecule has 0 bridgehead atoms. The number of aromatic hydroxyl groups is 2. The SMILES string of the molecule is NC1CCC(c2ccc(O)cc2)CC1.O=C(O)CSc1ccccc1.Oc1ccc(C2CCC(NCCSc3ccccc3)CC2)cc1. The Labute approximate surface area is 294 Å². The highest BCUT2D eigenvalue weighted by Crippen LogP contribution is 2.34. The van der Waals surface area contributed by atoms with Crippen molar-refractivity contribution in [3.63, 3.8) is 0 Å². The van der Waals surface area contributed by atoms with Crippen molar-refractivity contribution >= 4 is 29.5 Å². The molecule has 0 aromatic heterocycles. The van der Waals surface area contributed by atoms with Crippen molar-refractivity contribution in [2.75, 3.05) is 18.1 Å². The monoisotopic (exact) mass is 686 g/mol. The normalized spacial score (nSPS) is 20.4. The van der Waals surface area contributed by atoms with Gasteiger partial charge in [-0.05, 0) is 123 Å². The minimum absolute atomic E-state index is 0.129. The van der Waals surface area contributed by atoms with E-state index in [-0.39, 0.29) is 5.75 Å². The largest absolute Gasteiger partial charge is 0.508 e. The number of hydrogen-bond acceptors (Lipinski definition) is 7. The molecule has 0 heterocycles. The van der Waals surface area contributed by atoms with E-state index in [1.54, 1.807) is 24.3 Å². The number of carboxylic acids is 1. The summed E-state index contributed by atoms with van der Waals surface area (Å²) in [5.41, 5.74) is 8.58. The minimum atomic E-state index is -0.779. The number of carbonyl (C=O) groups is 1. The Morgan fingerprint density at radius 2 is 1.06 bits per heavy atom. The fourth-order valence-corrected chi connectivity index (χ4v) is 7.63. The maximum Gasteiger partial charge on any atom is 0.313 e. The number of carboxylic acid groups (broad SMARTS) is 1. The average molecular weight is 687 g/mol. The van der Waals surface area contributed by atoms with Crippen LogP contribution >= 0.6 is 23.5 Å². The lowest BCUT2D eigenvalue weighted by atomic mass is 9.82. The molecule has 6 N–H and O–H groups in total. The third kappa shape index (κ3) is 14.0. The van der Waals surface area contributed by atoms with E-state index in [1.165, 1.54) is 66.3 Å². The lowest BCUT2D eigenvalue weighted by molar-refractivity contribution is -0.133. The molecule has 2 aliphatic carbocycles. The third-order valence-corrected chi connectivity index (χ3v) is 10.9. The zero-order chi connectivity index (χ0) is 34.0. The zero-order valence-corrected chi connectivity index (χ0v) is 29.3. The van der Waals surface area contributed by atoms with E-state index in [0.29, 0.717) is 35.4 Å². The van der Waals surface area contributed by atoms with Gasteiger partial charge in [0.25, 0.3) is 0 Å². The Kier molecular flexibility index (Phi) is 16.2. The highest BCUT2D eigenvalue weighted by molar-refractivity contribution is 8.00. The van der Waals surface area contributed by atoms with Crippen molar-refractivity contribution in [1.82, 2.24) is 5.32 Å². The van der Waals surface area contributed by atoms with E-state index in [1.807, 2.05) is 54.2 Å². The molecule has 0 aliphatic heterocycles. The first kappa shape index (κ1) is 37.4. The highest BCUT2D eigenvalue weighted by atomic mass is 32.2. The standard InChI is InChI=1S/C20H25NOS.C12H17NO.C8H8O2S/c22-19-12-8-17(9-13-19)16-6-10-18(11-7-16)21-14-15-23-20-4-2-1-3-5-20;13-11-5-1-9(2-6-11)10-3-7-12(14)8-4-10;9-8(10)6-11-7-4-2-1-3-5-7/h1-5,8-9,12-13,16,18,21-22H,6-7,10-11,14-15H2;3-4,7-9,11,14H,1-2,5-6,13H2;1-5H,6H2,(H,9,10). The van der Waals surface area contributed by atoms with Crippen LogP contribution in [-0.2, 0) is 4.79 Å². The smallest absolute Gasteiger partial charge is 0.313 e. The van der Waals surface area contributed by atoms with Gasteiger partial charge in [0.05, 0.1) is 5.75 Å². The first-order valence-corrected chi connectivity index (χ1v) is 19.0. The van der Waals surface area contributed by atoms with Crippen molar-refractivity contribution < 1.29 is 20.1 Å². The molecular weight excluding hydrogens is 637 g/mol. The van der Waals surface area contributed by atoms with E-state index >= 15 is 0 Å². The van der Waals surface area contributed by atoms with Crippen LogP contribution in [0.15, 0.2) is 119 Å². The van der Waals surface area contributed by atoms with Crippen molar-refractivity contribution in [3.05, 3.63) is 120 Å². The predicted octanol–water partition coefficient (Wildman–Crippen LogP) is 9.04. The van der Waals surface area contributed by atoms with E-state index < -0.39 is 5.97 Å². The minimum Gasteiger partial charge on any atom is -0.508 e. The molecule has 0 spiro atoms. The number of nitrogens with two attached hydrogens (primary N) is 1. The molecule has 0 atom stereocenters. The van der Waals surface area contributed by atoms with E-state index in [0.717, 1.165) is 30.0 Å². The number of phenolic OH excluding ortho intramolecular Hbond substituents is 2. The second kappa shape index (κ2) is 20.8. The predicted molar refractivity (Wildman–Crippen MR) is 200 cm³/mol. The quantitative estimate of drug-likeness (QED) is 0.0829. The van der Waals surface area contributed by atoms with Crippen LogP contribution in [0.4, 0.5) is 0 Å². The van der Waals surface area contributed by atoms with Gasteiger partial charge < -0.3 is 26.4 Å². The molecule has 48 heavy (non-hydrogen) atoms. The van der Waals surface area contributed by atoms with E-state index in [9.17, 15) is 15.0 Å². The van der Waals surface area contributed by atoms with Crippen LogP contribution in [0.2, 0.25) is 0 Å². The zero-order valence-electron chi connectivity index (χ0n) is 27.6. The molecule has 6 rings (SSSR count). The Morgan fingerprint density at radius 3 is 1.52 bits per heavy atom. The molecule has 256 valence electrons. The Bertz CT molecular complexity index is 1440. The summed E-state index contributed by atoms with van der Waals surface area (Å²) in [5.74, 6) is 2.49. The number of thioether (sulfide) groups is 2. The number of nitrogens with one attached hydrogen (secondary N) is 1. The summed E-state index contributed by atoms with van der Waals surface area (Å²) in [6, 6.07) is 36.5. The first-order valence-electron chi connectivity index (χ1n) is 17.0.